The molecule has 0 bridgehead atoms. The van der Waals surface area contributed by atoms with Gasteiger partial charge in [-0.2, -0.15) is 13.2 Å². The zero-order valence-electron chi connectivity index (χ0n) is 13.9. The molecule has 0 fully saturated rings. The van der Waals surface area contributed by atoms with Gasteiger partial charge < -0.3 is 5.32 Å². The second kappa shape index (κ2) is 7.32. The van der Waals surface area contributed by atoms with Gasteiger partial charge in [-0.3, -0.25) is 4.72 Å². The molecule has 2 N–H and O–H groups in total. The Morgan fingerprint density at radius 1 is 0.667 bits per heavy atom. The van der Waals surface area contributed by atoms with Crippen molar-refractivity contribution in [1.29, 1.82) is 0 Å². The Balaban J connectivity index is 1.69. The van der Waals surface area contributed by atoms with Crippen molar-refractivity contribution in [3.63, 3.8) is 0 Å². The summed E-state index contributed by atoms with van der Waals surface area (Å²) in [6, 6.07) is 19.0. The van der Waals surface area contributed by atoms with Gasteiger partial charge in [0.05, 0.1) is 10.5 Å². The van der Waals surface area contributed by atoms with Gasteiger partial charge in [0.15, 0.2) is 0 Å². The van der Waals surface area contributed by atoms with Crippen molar-refractivity contribution >= 4 is 27.1 Å². The minimum absolute atomic E-state index is 0.150. The van der Waals surface area contributed by atoms with Crippen LogP contribution in [0, 0.1) is 0 Å². The van der Waals surface area contributed by atoms with E-state index in [1.54, 1.807) is 42.5 Å². The summed E-state index contributed by atoms with van der Waals surface area (Å²) in [4.78, 5) is 0.150. The molecule has 27 heavy (non-hydrogen) atoms. The fourth-order valence-corrected chi connectivity index (χ4v) is 3.42. The molecule has 4 nitrogen and oxygen atoms in total. The fraction of sp³-hybridized carbons (Fsp3) is 0.0526. The van der Waals surface area contributed by atoms with Gasteiger partial charge in [0.1, 0.15) is 0 Å². The molecule has 8 heteroatoms. The van der Waals surface area contributed by atoms with Crippen molar-refractivity contribution < 1.29 is 21.6 Å². The quantitative estimate of drug-likeness (QED) is 0.624. The lowest BCUT2D eigenvalue weighted by Gasteiger charge is -2.11. The number of hydrogen-bond donors (Lipinski definition) is 2. The van der Waals surface area contributed by atoms with Crippen LogP contribution in [0.4, 0.5) is 30.2 Å². The summed E-state index contributed by atoms with van der Waals surface area (Å²) < 4.78 is 64.7. The summed E-state index contributed by atoms with van der Waals surface area (Å²) in [5.74, 6) is 0. The number of alkyl halides is 3. The maximum atomic E-state index is 12.6. The minimum Gasteiger partial charge on any atom is -0.356 e. The Bertz CT molecular complexity index is 1000. The monoisotopic (exact) mass is 392 g/mol. The molecule has 3 aromatic rings. The molecule has 0 saturated carbocycles. The van der Waals surface area contributed by atoms with Crippen molar-refractivity contribution in [2.45, 2.75) is 11.1 Å². The normalized spacial score (nSPS) is 11.8. The van der Waals surface area contributed by atoms with Crippen molar-refractivity contribution in [2.24, 2.45) is 0 Å². The molecule has 0 spiro atoms. The Labute approximate surface area is 154 Å². The number of sulfonamides is 1. The number of nitrogens with one attached hydrogen (secondary N) is 2. The first-order valence-corrected chi connectivity index (χ1v) is 9.35. The molecular formula is C19H15F3N2O2S. The van der Waals surface area contributed by atoms with Crippen LogP contribution >= 0.6 is 0 Å². The lowest BCUT2D eigenvalue weighted by Crippen LogP contribution is -2.12. The summed E-state index contributed by atoms with van der Waals surface area (Å²) >= 11 is 0. The van der Waals surface area contributed by atoms with Crippen molar-refractivity contribution in [3.8, 4) is 0 Å². The smallest absolute Gasteiger partial charge is 0.356 e. The van der Waals surface area contributed by atoms with Crippen LogP contribution in [0.15, 0.2) is 83.8 Å². The van der Waals surface area contributed by atoms with E-state index in [4.69, 9.17) is 0 Å². The minimum atomic E-state index is -4.38. The van der Waals surface area contributed by atoms with Gasteiger partial charge in [-0.15, -0.1) is 0 Å². The van der Waals surface area contributed by atoms with E-state index < -0.39 is 21.8 Å². The standard InChI is InChI=1S/C19H15F3N2O2S/c20-19(21,22)14-6-8-15(9-7-14)23-16-10-12-17(13-11-16)24-27(25,26)18-4-2-1-3-5-18/h1-13,23-24H. The molecule has 0 atom stereocenters. The first-order chi connectivity index (χ1) is 12.7. The Kier molecular flexibility index (Phi) is 5.09. The number of anilines is 3. The highest BCUT2D eigenvalue weighted by Crippen LogP contribution is 2.30. The average Bonchev–Trinajstić information content (AvgIpc) is 2.64. The van der Waals surface area contributed by atoms with Crippen LogP contribution < -0.4 is 10.0 Å². The average molecular weight is 392 g/mol. The summed E-state index contributed by atoms with van der Waals surface area (Å²) in [5, 5.41) is 2.96. The molecule has 0 aliphatic carbocycles. The van der Waals surface area contributed by atoms with E-state index in [1.165, 1.54) is 24.3 Å². The van der Waals surface area contributed by atoms with E-state index in [1.807, 2.05) is 0 Å². The molecule has 0 aliphatic rings. The molecule has 3 aromatic carbocycles. The zero-order chi connectivity index (χ0) is 19.5. The van der Waals surface area contributed by atoms with Gasteiger partial charge in [-0.05, 0) is 60.7 Å². The van der Waals surface area contributed by atoms with E-state index in [9.17, 15) is 21.6 Å². The van der Waals surface area contributed by atoms with E-state index in [0.29, 0.717) is 17.1 Å². The SMILES string of the molecule is O=S(=O)(Nc1ccc(Nc2ccc(C(F)(F)F)cc2)cc1)c1ccccc1. The van der Waals surface area contributed by atoms with Crippen molar-refractivity contribution in [1.82, 2.24) is 0 Å². The molecule has 140 valence electrons. The van der Waals surface area contributed by atoms with Crippen LogP contribution in [0.5, 0.6) is 0 Å². The van der Waals surface area contributed by atoms with E-state index in [0.717, 1.165) is 12.1 Å². The largest absolute Gasteiger partial charge is 0.416 e. The van der Waals surface area contributed by atoms with Crippen LogP contribution in [0.2, 0.25) is 0 Å². The Morgan fingerprint density at radius 3 is 1.67 bits per heavy atom. The van der Waals surface area contributed by atoms with Gasteiger partial charge >= 0.3 is 6.18 Å². The molecule has 0 unspecified atom stereocenters. The van der Waals surface area contributed by atoms with Crippen LogP contribution in [0.1, 0.15) is 5.56 Å². The first-order valence-electron chi connectivity index (χ1n) is 7.86. The highest BCUT2D eigenvalue weighted by Gasteiger charge is 2.29. The Hall–Kier alpha value is -3.00. The predicted octanol–water partition coefficient (Wildman–Crippen LogP) is 5.25. The second-order valence-electron chi connectivity index (χ2n) is 5.70. The van der Waals surface area contributed by atoms with E-state index >= 15 is 0 Å². The van der Waals surface area contributed by atoms with Gasteiger partial charge in [0, 0.05) is 17.1 Å². The lowest BCUT2D eigenvalue weighted by molar-refractivity contribution is -0.137. The number of rotatable bonds is 5. The third kappa shape index (κ3) is 4.79. The highest BCUT2D eigenvalue weighted by atomic mass is 32.2. The number of hydrogen-bond acceptors (Lipinski definition) is 3. The van der Waals surface area contributed by atoms with Crippen LogP contribution in [-0.2, 0) is 16.2 Å². The van der Waals surface area contributed by atoms with Gasteiger partial charge in [0.2, 0.25) is 0 Å². The predicted molar refractivity (Wildman–Crippen MR) is 98.4 cm³/mol. The van der Waals surface area contributed by atoms with E-state index in [2.05, 4.69) is 10.0 Å². The summed E-state index contributed by atoms with van der Waals surface area (Å²) in [7, 11) is -3.68. The van der Waals surface area contributed by atoms with Crippen molar-refractivity contribution in [3.05, 3.63) is 84.4 Å². The molecular weight excluding hydrogens is 377 g/mol. The lowest BCUT2D eigenvalue weighted by atomic mass is 10.2. The topological polar surface area (TPSA) is 58.2 Å². The van der Waals surface area contributed by atoms with Crippen LogP contribution in [-0.4, -0.2) is 8.42 Å². The second-order valence-corrected chi connectivity index (χ2v) is 7.38. The molecule has 0 amide bonds. The number of benzene rings is 3. The summed E-state index contributed by atoms with van der Waals surface area (Å²) in [6.45, 7) is 0. The van der Waals surface area contributed by atoms with Gasteiger partial charge in [-0.1, -0.05) is 18.2 Å². The molecule has 0 heterocycles. The molecule has 0 aliphatic heterocycles. The maximum absolute atomic E-state index is 12.6. The van der Waals surface area contributed by atoms with Gasteiger partial charge in [0.25, 0.3) is 10.0 Å². The maximum Gasteiger partial charge on any atom is 0.416 e. The number of halogens is 3. The summed E-state index contributed by atoms with van der Waals surface area (Å²) in [6.07, 6.45) is -4.38. The molecule has 0 aromatic heterocycles. The molecule has 0 radical (unpaired) electrons. The first kappa shape index (κ1) is 18.8. The highest BCUT2D eigenvalue weighted by molar-refractivity contribution is 7.92. The molecule has 3 rings (SSSR count). The Morgan fingerprint density at radius 2 is 1.15 bits per heavy atom. The molecule has 0 saturated heterocycles. The van der Waals surface area contributed by atoms with E-state index in [-0.39, 0.29) is 4.90 Å². The van der Waals surface area contributed by atoms with Crippen molar-refractivity contribution in [2.75, 3.05) is 10.0 Å². The third-order valence-corrected chi connectivity index (χ3v) is 5.09. The third-order valence-electron chi connectivity index (χ3n) is 3.69. The van der Waals surface area contributed by atoms with Gasteiger partial charge in [-0.25, -0.2) is 8.42 Å². The van der Waals surface area contributed by atoms with Crippen LogP contribution in [0.25, 0.3) is 0 Å². The zero-order valence-corrected chi connectivity index (χ0v) is 14.7. The summed E-state index contributed by atoms with van der Waals surface area (Å²) in [5.41, 5.74) is 0.744. The van der Waals surface area contributed by atoms with Crippen LogP contribution in [0.3, 0.4) is 0 Å². The fourth-order valence-electron chi connectivity index (χ4n) is 2.34.